The Kier molecular flexibility index (Phi) is 4.70. The lowest BCUT2D eigenvalue weighted by atomic mass is 9.92. The summed E-state index contributed by atoms with van der Waals surface area (Å²) < 4.78 is 0. The Morgan fingerprint density at radius 2 is 1.70 bits per heavy atom. The van der Waals surface area contributed by atoms with Crippen LogP contribution in [0.4, 0.5) is 0 Å². The molecule has 0 unspecified atom stereocenters. The van der Waals surface area contributed by atoms with Crippen LogP contribution >= 0.6 is 11.6 Å². The molecule has 2 N–H and O–H groups in total. The molecule has 0 heterocycles. The highest BCUT2D eigenvalue weighted by Gasteiger charge is 2.33. The molecule has 0 aromatic heterocycles. The SMILES string of the molecule is CN(C)CCC[NH2+]C1=C(Cl)C(=O)c2ccccc2C1=O. The van der Waals surface area contributed by atoms with E-state index >= 15 is 0 Å². The van der Waals surface area contributed by atoms with E-state index in [1.54, 1.807) is 29.6 Å². The monoisotopic (exact) mass is 293 g/mol. The van der Waals surface area contributed by atoms with Crippen LogP contribution in [-0.4, -0.2) is 43.7 Å². The molecule has 20 heavy (non-hydrogen) atoms. The summed E-state index contributed by atoms with van der Waals surface area (Å²) in [6.45, 7) is 1.66. The molecular formula is C15H18ClN2O2+. The van der Waals surface area contributed by atoms with Gasteiger partial charge in [0.25, 0.3) is 0 Å². The van der Waals surface area contributed by atoms with Crippen molar-refractivity contribution in [1.82, 2.24) is 4.90 Å². The van der Waals surface area contributed by atoms with Crippen molar-refractivity contribution in [3.8, 4) is 0 Å². The van der Waals surface area contributed by atoms with Gasteiger partial charge in [-0.25, -0.2) is 0 Å². The fourth-order valence-electron chi connectivity index (χ4n) is 2.20. The summed E-state index contributed by atoms with van der Waals surface area (Å²) >= 11 is 6.06. The fraction of sp³-hybridized carbons (Fsp3) is 0.333. The van der Waals surface area contributed by atoms with Crippen LogP contribution in [0.3, 0.4) is 0 Å². The topological polar surface area (TPSA) is 54.0 Å². The Morgan fingerprint density at radius 3 is 2.30 bits per heavy atom. The maximum Gasteiger partial charge on any atom is 0.248 e. The number of hydrogen-bond donors (Lipinski definition) is 1. The number of halogens is 1. The van der Waals surface area contributed by atoms with Gasteiger partial charge < -0.3 is 10.2 Å². The lowest BCUT2D eigenvalue weighted by Crippen LogP contribution is -2.84. The van der Waals surface area contributed by atoms with E-state index in [1.165, 1.54) is 0 Å². The van der Waals surface area contributed by atoms with Crippen LogP contribution in [0.1, 0.15) is 27.1 Å². The van der Waals surface area contributed by atoms with Gasteiger partial charge in [-0.2, -0.15) is 0 Å². The lowest BCUT2D eigenvalue weighted by molar-refractivity contribution is -0.600. The average Bonchev–Trinajstić information content (AvgIpc) is 2.44. The maximum atomic E-state index is 12.4. The van der Waals surface area contributed by atoms with Crippen molar-refractivity contribution < 1.29 is 14.9 Å². The van der Waals surface area contributed by atoms with Crippen molar-refractivity contribution in [3.05, 3.63) is 46.1 Å². The van der Waals surface area contributed by atoms with E-state index in [1.807, 2.05) is 14.1 Å². The number of carbonyl (C=O) groups is 2. The summed E-state index contributed by atoms with van der Waals surface area (Å²) in [6, 6.07) is 6.81. The van der Waals surface area contributed by atoms with Crippen molar-refractivity contribution in [2.24, 2.45) is 0 Å². The number of hydrogen-bond acceptors (Lipinski definition) is 3. The van der Waals surface area contributed by atoms with Crippen molar-refractivity contribution in [2.75, 3.05) is 27.2 Å². The molecule has 0 amide bonds. The third kappa shape index (κ3) is 2.98. The van der Waals surface area contributed by atoms with Crippen LogP contribution in [0.2, 0.25) is 0 Å². The molecular weight excluding hydrogens is 276 g/mol. The van der Waals surface area contributed by atoms with Crippen LogP contribution in [0.5, 0.6) is 0 Å². The molecule has 5 heteroatoms. The predicted molar refractivity (Wildman–Crippen MR) is 77.9 cm³/mol. The Morgan fingerprint density at radius 1 is 1.10 bits per heavy atom. The fourth-order valence-corrected chi connectivity index (χ4v) is 2.47. The molecule has 0 saturated carbocycles. The molecule has 1 aromatic rings. The highest BCUT2D eigenvalue weighted by atomic mass is 35.5. The third-order valence-corrected chi connectivity index (χ3v) is 3.63. The van der Waals surface area contributed by atoms with E-state index in [2.05, 4.69) is 4.90 Å². The summed E-state index contributed by atoms with van der Waals surface area (Å²) in [5, 5.41) is 1.82. The Balaban J connectivity index is 2.15. The minimum absolute atomic E-state index is 0.0403. The van der Waals surface area contributed by atoms with Crippen molar-refractivity contribution in [3.63, 3.8) is 0 Å². The van der Waals surface area contributed by atoms with E-state index in [-0.39, 0.29) is 16.6 Å². The zero-order valence-corrected chi connectivity index (χ0v) is 12.4. The molecule has 1 aromatic carbocycles. The van der Waals surface area contributed by atoms with Gasteiger partial charge in [0.1, 0.15) is 0 Å². The predicted octanol–water partition coefficient (Wildman–Crippen LogP) is 1.03. The average molecular weight is 294 g/mol. The van der Waals surface area contributed by atoms with Gasteiger partial charge in [-0.15, -0.1) is 0 Å². The Hall–Kier alpha value is -1.49. The molecule has 106 valence electrons. The standard InChI is InChI=1S/C15H17ClN2O2/c1-18(2)9-5-8-17-13-12(16)14(19)10-6-3-4-7-11(10)15(13)20/h3-4,6-7,17H,5,8-9H2,1-2H3/p+1. The molecule has 0 atom stereocenters. The molecule has 1 aliphatic carbocycles. The van der Waals surface area contributed by atoms with Crippen LogP contribution in [-0.2, 0) is 0 Å². The smallest absolute Gasteiger partial charge is 0.248 e. The molecule has 4 nitrogen and oxygen atoms in total. The molecule has 0 saturated heterocycles. The number of quaternary nitrogens is 1. The Bertz CT molecular complexity index is 579. The molecule has 0 spiro atoms. The van der Waals surface area contributed by atoms with E-state index in [4.69, 9.17) is 11.6 Å². The van der Waals surface area contributed by atoms with Gasteiger partial charge in [0.05, 0.1) is 6.54 Å². The first-order valence-corrected chi connectivity index (χ1v) is 6.96. The van der Waals surface area contributed by atoms with E-state index in [0.29, 0.717) is 16.8 Å². The van der Waals surface area contributed by atoms with Gasteiger partial charge in [-0.1, -0.05) is 35.9 Å². The number of nitrogens with two attached hydrogens (primary N) is 1. The second kappa shape index (κ2) is 6.31. The maximum absolute atomic E-state index is 12.4. The van der Waals surface area contributed by atoms with Crippen molar-refractivity contribution in [1.29, 1.82) is 0 Å². The molecule has 0 bridgehead atoms. The van der Waals surface area contributed by atoms with Crippen LogP contribution in [0.15, 0.2) is 35.0 Å². The van der Waals surface area contributed by atoms with Crippen molar-refractivity contribution >= 4 is 23.2 Å². The number of carbonyl (C=O) groups excluding carboxylic acids is 2. The number of Topliss-reactive ketones (excluding diaryl/α,β-unsaturated/α-hetero) is 2. The number of ketones is 2. The van der Waals surface area contributed by atoms with Gasteiger partial charge in [-0.05, 0) is 14.1 Å². The van der Waals surface area contributed by atoms with Crippen LogP contribution < -0.4 is 5.32 Å². The second-order valence-electron chi connectivity index (χ2n) is 5.08. The third-order valence-electron chi connectivity index (χ3n) is 3.25. The molecule has 0 aliphatic heterocycles. The number of allylic oxidation sites excluding steroid dienone is 2. The minimum Gasteiger partial charge on any atom is -0.309 e. The molecule has 2 rings (SSSR count). The van der Waals surface area contributed by atoms with Gasteiger partial charge in [0.15, 0.2) is 5.03 Å². The zero-order valence-electron chi connectivity index (χ0n) is 11.6. The highest BCUT2D eigenvalue weighted by Crippen LogP contribution is 2.25. The van der Waals surface area contributed by atoms with E-state index in [0.717, 1.165) is 19.5 Å². The second-order valence-corrected chi connectivity index (χ2v) is 5.46. The number of nitrogens with zero attached hydrogens (tertiary/aromatic N) is 1. The molecule has 0 radical (unpaired) electrons. The van der Waals surface area contributed by atoms with Gasteiger partial charge >= 0.3 is 0 Å². The van der Waals surface area contributed by atoms with Crippen LogP contribution in [0, 0.1) is 0 Å². The minimum atomic E-state index is -0.263. The summed E-state index contributed by atoms with van der Waals surface area (Å²) in [6.07, 6.45) is 0.920. The van der Waals surface area contributed by atoms with Gasteiger partial charge in [-0.3, -0.25) is 9.59 Å². The first-order chi connectivity index (χ1) is 9.52. The first kappa shape index (κ1) is 14.9. The number of rotatable bonds is 5. The summed E-state index contributed by atoms with van der Waals surface area (Å²) in [5.41, 5.74) is 1.18. The van der Waals surface area contributed by atoms with E-state index in [9.17, 15) is 9.59 Å². The number of benzene rings is 1. The Labute approximate surface area is 123 Å². The summed E-state index contributed by atoms with van der Waals surface area (Å²) in [5.74, 6) is -0.421. The normalized spacial score (nSPS) is 15.0. The van der Waals surface area contributed by atoms with Crippen molar-refractivity contribution in [2.45, 2.75) is 6.42 Å². The highest BCUT2D eigenvalue weighted by molar-refractivity contribution is 6.49. The van der Waals surface area contributed by atoms with Gasteiger partial charge in [0.2, 0.25) is 17.3 Å². The van der Waals surface area contributed by atoms with Crippen LogP contribution in [0.25, 0.3) is 0 Å². The van der Waals surface area contributed by atoms with Gasteiger partial charge in [0, 0.05) is 24.1 Å². The first-order valence-electron chi connectivity index (χ1n) is 6.58. The quantitative estimate of drug-likeness (QED) is 0.825. The largest absolute Gasteiger partial charge is 0.309 e. The zero-order chi connectivity index (χ0) is 14.7. The van der Waals surface area contributed by atoms with E-state index < -0.39 is 0 Å². The lowest BCUT2D eigenvalue weighted by Gasteiger charge is -2.15. The molecule has 0 fully saturated rings. The summed E-state index contributed by atoms with van der Waals surface area (Å²) in [7, 11) is 4.00. The molecule has 1 aliphatic rings. The number of fused-ring (bicyclic) bond motifs is 1. The summed E-state index contributed by atoms with van der Waals surface area (Å²) in [4.78, 5) is 26.6.